The lowest BCUT2D eigenvalue weighted by Gasteiger charge is -2.59. The molecule has 0 unspecified atom stereocenters. The van der Waals surface area contributed by atoms with Gasteiger partial charge in [0, 0.05) is 31.0 Å². The van der Waals surface area contributed by atoms with Crippen molar-refractivity contribution < 1.29 is 15.0 Å². The van der Waals surface area contributed by atoms with Crippen LogP contribution in [0.2, 0.25) is 0 Å². The van der Waals surface area contributed by atoms with Gasteiger partial charge in [-0.2, -0.15) is 0 Å². The molecule has 2 fully saturated rings. The number of nitrogens with zero attached hydrogens (tertiary/aromatic N) is 2. The van der Waals surface area contributed by atoms with Crippen LogP contribution in [-0.2, 0) is 16.6 Å². The van der Waals surface area contributed by atoms with Crippen molar-refractivity contribution in [1.29, 1.82) is 0 Å². The van der Waals surface area contributed by atoms with E-state index in [0.717, 1.165) is 63.6 Å². The molecule has 0 aromatic heterocycles. The summed E-state index contributed by atoms with van der Waals surface area (Å²) in [6, 6.07) is 18.1. The Kier molecular flexibility index (Phi) is 8.97. The van der Waals surface area contributed by atoms with Gasteiger partial charge in [-0.15, -0.1) is 0 Å². The molecule has 2 N–H and O–H groups in total. The lowest BCUT2D eigenvalue weighted by molar-refractivity contribution is -0.149. The van der Waals surface area contributed by atoms with Gasteiger partial charge in [0.05, 0.1) is 5.60 Å². The standard InChI is InChI=1S/C32H46N2O3/c1-25(2)23-34(30(36)16-9-5-8-13-26-11-6-4-7-12-26)28-17-18-32(37)24-33(3)20-19-31(32,22-28)27-14-10-15-29(35)21-27/h4,6-7,10-12,14-15,21,25,28,35,37H,5,8-9,13,16-20,22-24H2,1-3H3/t28-,31+,32+/m1/s1. The van der Waals surface area contributed by atoms with Crippen molar-refractivity contribution >= 4 is 5.91 Å². The molecule has 37 heavy (non-hydrogen) atoms. The van der Waals surface area contributed by atoms with Crippen LogP contribution in [-0.4, -0.2) is 64.2 Å². The van der Waals surface area contributed by atoms with Crippen LogP contribution in [0.5, 0.6) is 5.75 Å². The van der Waals surface area contributed by atoms with E-state index >= 15 is 0 Å². The third-order valence-corrected chi connectivity index (χ3v) is 8.74. The summed E-state index contributed by atoms with van der Waals surface area (Å²) in [7, 11) is 2.07. The highest BCUT2D eigenvalue weighted by Gasteiger charge is 2.58. The number of aryl methyl sites for hydroxylation is 1. The molecular formula is C32H46N2O3. The maximum Gasteiger partial charge on any atom is 0.222 e. The molecule has 202 valence electrons. The van der Waals surface area contributed by atoms with Crippen molar-refractivity contribution in [2.75, 3.05) is 26.7 Å². The number of hydrogen-bond acceptors (Lipinski definition) is 4. The molecule has 1 aliphatic carbocycles. The molecule has 0 bridgehead atoms. The van der Waals surface area contributed by atoms with Gasteiger partial charge in [-0.05, 0) is 87.7 Å². The monoisotopic (exact) mass is 506 g/mol. The summed E-state index contributed by atoms with van der Waals surface area (Å²) in [5, 5.41) is 22.3. The molecule has 2 aromatic rings. The van der Waals surface area contributed by atoms with Gasteiger partial charge in [-0.1, -0.05) is 62.7 Å². The van der Waals surface area contributed by atoms with E-state index in [1.807, 2.05) is 18.2 Å². The lowest BCUT2D eigenvalue weighted by Crippen LogP contribution is -2.67. The van der Waals surface area contributed by atoms with E-state index in [9.17, 15) is 15.0 Å². The minimum Gasteiger partial charge on any atom is -0.508 e. The molecule has 1 saturated heterocycles. The Morgan fingerprint density at radius 3 is 2.59 bits per heavy atom. The topological polar surface area (TPSA) is 64.0 Å². The Hall–Kier alpha value is -2.37. The number of unbranched alkanes of at least 4 members (excludes halogenated alkanes) is 2. The highest BCUT2D eigenvalue weighted by Crippen LogP contribution is 2.52. The predicted molar refractivity (Wildman–Crippen MR) is 150 cm³/mol. The number of benzene rings is 2. The van der Waals surface area contributed by atoms with E-state index in [-0.39, 0.29) is 17.7 Å². The summed E-state index contributed by atoms with van der Waals surface area (Å²) in [6.45, 7) is 6.63. The third-order valence-electron chi connectivity index (χ3n) is 8.74. The maximum absolute atomic E-state index is 13.6. The maximum atomic E-state index is 13.6. The molecular weight excluding hydrogens is 460 g/mol. The second kappa shape index (κ2) is 12.0. The van der Waals surface area contributed by atoms with Gasteiger partial charge in [0.2, 0.25) is 5.91 Å². The number of fused-ring (bicyclic) bond motifs is 1. The molecule has 5 nitrogen and oxygen atoms in total. The van der Waals surface area contributed by atoms with Crippen molar-refractivity contribution in [3.63, 3.8) is 0 Å². The number of carbonyl (C=O) groups is 1. The highest BCUT2D eigenvalue weighted by atomic mass is 16.3. The van der Waals surface area contributed by atoms with Crippen LogP contribution in [0, 0.1) is 5.92 Å². The zero-order valence-electron chi connectivity index (χ0n) is 23.0. The highest BCUT2D eigenvalue weighted by molar-refractivity contribution is 5.76. The number of aromatic hydroxyl groups is 1. The quantitative estimate of drug-likeness (QED) is 0.416. The molecule has 1 heterocycles. The number of hydrogen-bond donors (Lipinski definition) is 2. The number of aliphatic hydroxyl groups is 1. The van der Waals surface area contributed by atoms with Crippen LogP contribution in [0.15, 0.2) is 54.6 Å². The first-order valence-corrected chi connectivity index (χ1v) is 14.3. The fourth-order valence-corrected chi connectivity index (χ4v) is 6.83. The predicted octanol–water partition coefficient (Wildman–Crippen LogP) is 5.54. The summed E-state index contributed by atoms with van der Waals surface area (Å²) >= 11 is 0. The fraction of sp³-hybridized carbons (Fsp3) is 0.594. The number of likely N-dealkylation sites (N-methyl/N-ethyl adjacent to an activating group) is 1. The van der Waals surface area contributed by atoms with Crippen molar-refractivity contribution in [2.45, 2.75) is 88.7 Å². The van der Waals surface area contributed by atoms with Gasteiger partial charge >= 0.3 is 0 Å². The van der Waals surface area contributed by atoms with Crippen molar-refractivity contribution in [2.24, 2.45) is 5.92 Å². The fourth-order valence-electron chi connectivity index (χ4n) is 6.83. The molecule has 5 heteroatoms. The molecule has 0 radical (unpaired) electrons. The third kappa shape index (κ3) is 6.38. The largest absolute Gasteiger partial charge is 0.508 e. The summed E-state index contributed by atoms with van der Waals surface area (Å²) < 4.78 is 0. The zero-order chi connectivity index (χ0) is 26.5. The van der Waals surface area contributed by atoms with Gasteiger partial charge in [0.1, 0.15) is 5.75 Å². The summed E-state index contributed by atoms with van der Waals surface area (Å²) in [5.74, 6) is 0.876. The number of carbonyl (C=O) groups excluding carboxylic acids is 1. The minimum absolute atomic E-state index is 0.102. The second-order valence-corrected chi connectivity index (χ2v) is 12.0. The average Bonchev–Trinajstić information content (AvgIpc) is 2.87. The smallest absolute Gasteiger partial charge is 0.222 e. The number of phenolic OH excluding ortho intramolecular Hbond substituents is 1. The van der Waals surface area contributed by atoms with Crippen molar-refractivity contribution in [1.82, 2.24) is 9.80 Å². The Labute approximate surface area is 223 Å². The van der Waals surface area contributed by atoms with Crippen LogP contribution >= 0.6 is 0 Å². The van der Waals surface area contributed by atoms with Crippen LogP contribution in [0.3, 0.4) is 0 Å². The number of rotatable bonds is 10. The van der Waals surface area contributed by atoms with E-state index in [1.54, 1.807) is 6.07 Å². The lowest BCUT2D eigenvalue weighted by atomic mass is 9.55. The van der Waals surface area contributed by atoms with Gasteiger partial charge < -0.3 is 20.0 Å². The number of phenols is 1. The molecule has 2 aliphatic rings. The van der Waals surface area contributed by atoms with Crippen LogP contribution in [0.1, 0.15) is 76.3 Å². The van der Waals surface area contributed by atoms with Crippen LogP contribution in [0.25, 0.3) is 0 Å². The molecule has 1 aliphatic heterocycles. The van der Waals surface area contributed by atoms with Crippen LogP contribution in [0.4, 0.5) is 0 Å². The van der Waals surface area contributed by atoms with Crippen LogP contribution < -0.4 is 0 Å². The SMILES string of the molecule is CC(C)CN(C(=O)CCCCCc1ccccc1)[C@@H]1CC[C@]2(O)CN(C)CC[C@@]2(c2cccc(O)c2)C1. The normalized spacial score (nSPS) is 26.1. The molecule has 1 amide bonds. The zero-order valence-corrected chi connectivity index (χ0v) is 23.0. The Morgan fingerprint density at radius 2 is 1.86 bits per heavy atom. The second-order valence-electron chi connectivity index (χ2n) is 12.0. The number of β-amino-alcohol motifs (C(OH)–C–C–N with tert-alkyl or cyclic N) is 1. The Bertz CT molecular complexity index is 1030. The van der Waals surface area contributed by atoms with E-state index in [0.29, 0.717) is 25.3 Å². The minimum atomic E-state index is -0.867. The van der Waals surface area contributed by atoms with E-state index in [1.165, 1.54) is 5.56 Å². The molecule has 0 spiro atoms. The number of piperidine rings is 1. The first-order valence-electron chi connectivity index (χ1n) is 14.3. The van der Waals surface area contributed by atoms with Gasteiger partial charge in [0.15, 0.2) is 0 Å². The van der Waals surface area contributed by atoms with Crippen molar-refractivity contribution in [3.8, 4) is 5.75 Å². The summed E-state index contributed by atoms with van der Waals surface area (Å²) in [4.78, 5) is 18.0. The first-order chi connectivity index (χ1) is 17.7. The van der Waals surface area contributed by atoms with Gasteiger partial charge in [-0.25, -0.2) is 0 Å². The van der Waals surface area contributed by atoms with E-state index < -0.39 is 11.0 Å². The number of amides is 1. The molecule has 2 aromatic carbocycles. The molecule has 4 rings (SSSR count). The Morgan fingerprint density at radius 1 is 1.08 bits per heavy atom. The van der Waals surface area contributed by atoms with Gasteiger partial charge in [-0.3, -0.25) is 4.79 Å². The first kappa shape index (κ1) is 27.7. The summed E-state index contributed by atoms with van der Waals surface area (Å²) in [5.41, 5.74) is 1.03. The Balaban J connectivity index is 1.47. The van der Waals surface area contributed by atoms with Crippen molar-refractivity contribution in [3.05, 3.63) is 65.7 Å². The average molecular weight is 507 g/mol. The van der Waals surface area contributed by atoms with E-state index in [4.69, 9.17) is 0 Å². The summed E-state index contributed by atoms with van der Waals surface area (Å²) in [6.07, 6.45) is 7.77. The molecule has 3 atom stereocenters. The van der Waals surface area contributed by atoms with Gasteiger partial charge in [0.25, 0.3) is 0 Å². The number of likely N-dealkylation sites (tertiary alicyclic amines) is 1. The molecule has 1 saturated carbocycles. The van der Waals surface area contributed by atoms with E-state index in [2.05, 4.69) is 61.0 Å².